The van der Waals surface area contributed by atoms with Gasteiger partial charge in [-0.1, -0.05) is 19.1 Å². The van der Waals surface area contributed by atoms with Crippen molar-refractivity contribution < 1.29 is 9.18 Å². The zero-order chi connectivity index (χ0) is 17.4. The van der Waals surface area contributed by atoms with Crippen molar-refractivity contribution in [1.29, 1.82) is 0 Å². The molecule has 1 unspecified atom stereocenters. The summed E-state index contributed by atoms with van der Waals surface area (Å²) in [4.78, 5) is 17.7. The summed E-state index contributed by atoms with van der Waals surface area (Å²) in [5.74, 6) is 0.336. The number of nitrogens with one attached hydrogen (secondary N) is 2. The van der Waals surface area contributed by atoms with Crippen LogP contribution < -0.4 is 10.6 Å². The molecular weight excluding hydrogens is 422 g/mol. The number of hydrogen-bond acceptors (Lipinski definition) is 2. The van der Waals surface area contributed by atoms with E-state index in [-0.39, 0.29) is 48.3 Å². The third-order valence-corrected chi connectivity index (χ3v) is 3.54. The van der Waals surface area contributed by atoms with E-state index in [1.54, 1.807) is 33.2 Å². The monoisotopic (exact) mass is 450 g/mol. The van der Waals surface area contributed by atoms with Crippen LogP contribution in [0.4, 0.5) is 4.39 Å². The van der Waals surface area contributed by atoms with Gasteiger partial charge in [-0.25, -0.2) is 9.38 Å². The lowest BCUT2D eigenvalue weighted by molar-refractivity contribution is -0.127. The Morgan fingerprint density at radius 3 is 2.58 bits per heavy atom. The zero-order valence-electron chi connectivity index (χ0n) is 15.0. The van der Waals surface area contributed by atoms with Gasteiger partial charge >= 0.3 is 0 Å². The Morgan fingerprint density at radius 1 is 1.38 bits per heavy atom. The van der Waals surface area contributed by atoms with Crippen LogP contribution in [0.3, 0.4) is 0 Å². The van der Waals surface area contributed by atoms with Crippen LogP contribution in [0, 0.1) is 12.7 Å². The van der Waals surface area contributed by atoms with Gasteiger partial charge in [-0.05, 0) is 37.5 Å². The number of halogens is 2. The van der Waals surface area contributed by atoms with E-state index in [9.17, 15) is 9.18 Å². The number of carbonyl (C=O) groups is 1. The molecule has 0 aliphatic heterocycles. The van der Waals surface area contributed by atoms with Crippen molar-refractivity contribution in [2.24, 2.45) is 4.99 Å². The summed E-state index contributed by atoms with van der Waals surface area (Å²) < 4.78 is 13.3. The number of hydrogen-bond donors (Lipinski definition) is 2. The fraction of sp³-hybridized carbons (Fsp3) is 0.529. The molecule has 136 valence electrons. The maximum absolute atomic E-state index is 13.3. The number of amides is 1. The molecule has 1 rings (SSSR count). The van der Waals surface area contributed by atoms with Crippen LogP contribution in [0.1, 0.15) is 31.4 Å². The molecule has 0 aliphatic carbocycles. The molecule has 0 fully saturated rings. The fourth-order valence-electron chi connectivity index (χ4n) is 1.78. The van der Waals surface area contributed by atoms with E-state index < -0.39 is 0 Å². The molecule has 0 aliphatic rings. The number of carbonyl (C=O) groups excluding carboxylic acids is 1. The standard InChI is InChI=1S/C17H27FN4O.HI/c1-6-13(3)21-17(20-11-16(23)22(4)5)19-10-14-7-8-15(18)12(2)9-14;/h7-9,13H,6,10-11H2,1-5H3,(H2,19,20,21);1H. The molecule has 1 atom stereocenters. The van der Waals surface area contributed by atoms with Crippen LogP contribution in [0.25, 0.3) is 0 Å². The molecule has 0 spiro atoms. The maximum Gasteiger partial charge on any atom is 0.241 e. The number of aryl methyl sites for hydroxylation is 1. The first-order valence-electron chi connectivity index (χ1n) is 7.83. The van der Waals surface area contributed by atoms with E-state index >= 15 is 0 Å². The van der Waals surface area contributed by atoms with Crippen molar-refractivity contribution in [3.8, 4) is 0 Å². The largest absolute Gasteiger partial charge is 0.354 e. The number of benzene rings is 1. The molecule has 1 aromatic rings. The highest BCUT2D eigenvalue weighted by molar-refractivity contribution is 14.0. The number of nitrogens with zero attached hydrogens (tertiary/aromatic N) is 2. The minimum atomic E-state index is -0.217. The van der Waals surface area contributed by atoms with Gasteiger partial charge in [-0.3, -0.25) is 4.79 Å². The minimum Gasteiger partial charge on any atom is -0.354 e. The minimum absolute atomic E-state index is 0. The van der Waals surface area contributed by atoms with Crippen molar-refractivity contribution in [2.45, 2.75) is 39.8 Å². The molecule has 5 nitrogen and oxygen atoms in total. The molecule has 0 saturated carbocycles. The predicted octanol–water partition coefficient (Wildman–Crippen LogP) is 2.67. The average molecular weight is 450 g/mol. The highest BCUT2D eigenvalue weighted by atomic mass is 127. The molecule has 0 aromatic heterocycles. The van der Waals surface area contributed by atoms with Gasteiger partial charge in [0.15, 0.2) is 5.96 Å². The lowest BCUT2D eigenvalue weighted by Gasteiger charge is -2.18. The van der Waals surface area contributed by atoms with Gasteiger partial charge in [0.05, 0.1) is 13.1 Å². The molecule has 0 saturated heterocycles. The van der Waals surface area contributed by atoms with Crippen LogP contribution in [-0.4, -0.2) is 43.4 Å². The number of guanidine groups is 1. The highest BCUT2D eigenvalue weighted by Crippen LogP contribution is 2.10. The third kappa shape index (κ3) is 7.94. The Morgan fingerprint density at radius 2 is 2.04 bits per heavy atom. The lowest BCUT2D eigenvalue weighted by atomic mass is 10.1. The highest BCUT2D eigenvalue weighted by Gasteiger charge is 2.08. The number of aliphatic imine (C=N–C) groups is 1. The van der Waals surface area contributed by atoms with E-state index in [4.69, 9.17) is 0 Å². The topological polar surface area (TPSA) is 56.7 Å². The zero-order valence-corrected chi connectivity index (χ0v) is 17.3. The molecule has 0 radical (unpaired) electrons. The van der Waals surface area contributed by atoms with Gasteiger partial charge in [0.25, 0.3) is 0 Å². The molecule has 7 heteroatoms. The van der Waals surface area contributed by atoms with Crippen molar-refractivity contribution >= 4 is 35.8 Å². The maximum atomic E-state index is 13.3. The third-order valence-electron chi connectivity index (χ3n) is 3.54. The van der Waals surface area contributed by atoms with E-state index in [2.05, 4.69) is 22.5 Å². The van der Waals surface area contributed by atoms with Crippen molar-refractivity contribution in [1.82, 2.24) is 15.5 Å². The Hall–Kier alpha value is -1.38. The molecule has 1 aromatic carbocycles. The van der Waals surface area contributed by atoms with E-state index in [1.165, 1.54) is 11.0 Å². The smallest absolute Gasteiger partial charge is 0.241 e. The average Bonchev–Trinajstić information content (AvgIpc) is 2.52. The van der Waals surface area contributed by atoms with Crippen LogP contribution in [-0.2, 0) is 11.3 Å². The fourth-order valence-corrected chi connectivity index (χ4v) is 1.78. The molecular formula is C17H28FIN4O. The summed E-state index contributed by atoms with van der Waals surface area (Å²) in [5, 5.41) is 6.29. The summed E-state index contributed by atoms with van der Waals surface area (Å²) in [6, 6.07) is 5.19. The van der Waals surface area contributed by atoms with Gasteiger partial charge in [0.2, 0.25) is 5.91 Å². The lowest BCUT2D eigenvalue weighted by Crippen LogP contribution is -2.45. The van der Waals surface area contributed by atoms with Crippen molar-refractivity contribution in [2.75, 3.05) is 20.6 Å². The Balaban J connectivity index is 0.00000529. The number of likely N-dealkylation sites (N-methyl/N-ethyl adjacent to an activating group) is 1. The second kappa shape index (κ2) is 11.2. The first-order valence-corrected chi connectivity index (χ1v) is 7.83. The van der Waals surface area contributed by atoms with Gasteiger partial charge < -0.3 is 15.5 Å². The second-order valence-electron chi connectivity index (χ2n) is 5.84. The molecule has 2 N–H and O–H groups in total. The van der Waals surface area contributed by atoms with E-state index in [0.717, 1.165) is 12.0 Å². The second-order valence-corrected chi connectivity index (χ2v) is 5.84. The summed E-state index contributed by atoms with van der Waals surface area (Å²) in [6.07, 6.45) is 0.942. The van der Waals surface area contributed by atoms with Crippen LogP contribution in [0.15, 0.2) is 23.2 Å². The van der Waals surface area contributed by atoms with Crippen LogP contribution >= 0.6 is 24.0 Å². The van der Waals surface area contributed by atoms with E-state index in [0.29, 0.717) is 18.1 Å². The van der Waals surface area contributed by atoms with Crippen molar-refractivity contribution in [3.63, 3.8) is 0 Å². The molecule has 0 heterocycles. The summed E-state index contributed by atoms with van der Waals surface area (Å²) in [5.41, 5.74) is 1.53. The quantitative estimate of drug-likeness (QED) is 0.398. The van der Waals surface area contributed by atoms with Gasteiger partial charge in [0, 0.05) is 20.1 Å². The number of rotatable bonds is 6. The van der Waals surface area contributed by atoms with Crippen LogP contribution in [0.5, 0.6) is 0 Å². The Kier molecular flexibility index (Phi) is 10.6. The van der Waals surface area contributed by atoms with Gasteiger partial charge in [0.1, 0.15) is 5.82 Å². The van der Waals surface area contributed by atoms with Gasteiger partial charge in [-0.15, -0.1) is 24.0 Å². The first-order chi connectivity index (χ1) is 10.8. The molecule has 24 heavy (non-hydrogen) atoms. The Labute approximate surface area is 161 Å². The SMILES string of the molecule is CCC(C)NC(=NCc1ccc(F)c(C)c1)NCC(=O)N(C)C.I. The molecule has 1 amide bonds. The Bertz CT molecular complexity index is 564. The van der Waals surface area contributed by atoms with Crippen LogP contribution in [0.2, 0.25) is 0 Å². The first kappa shape index (κ1) is 22.6. The predicted molar refractivity (Wildman–Crippen MR) is 107 cm³/mol. The van der Waals surface area contributed by atoms with E-state index in [1.807, 2.05) is 6.92 Å². The molecule has 0 bridgehead atoms. The van der Waals surface area contributed by atoms with Gasteiger partial charge in [-0.2, -0.15) is 0 Å². The summed E-state index contributed by atoms with van der Waals surface area (Å²) >= 11 is 0. The summed E-state index contributed by atoms with van der Waals surface area (Å²) in [6.45, 7) is 6.45. The summed E-state index contributed by atoms with van der Waals surface area (Å²) in [7, 11) is 3.43. The van der Waals surface area contributed by atoms with Crippen molar-refractivity contribution in [3.05, 3.63) is 35.1 Å². The normalized spacial score (nSPS) is 12.2.